The summed E-state index contributed by atoms with van der Waals surface area (Å²) in [6, 6.07) is 11.2. The van der Waals surface area contributed by atoms with Crippen molar-refractivity contribution in [2.24, 2.45) is 0 Å². The number of rotatable bonds is 7. The first kappa shape index (κ1) is 25.0. The van der Waals surface area contributed by atoms with Gasteiger partial charge in [0.15, 0.2) is 0 Å². The van der Waals surface area contributed by atoms with E-state index in [-0.39, 0.29) is 36.5 Å². The number of nitrogens with zero attached hydrogens (tertiary/aromatic N) is 1. The van der Waals surface area contributed by atoms with Gasteiger partial charge < -0.3 is 15.4 Å². The van der Waals surface area contributed by atoms with Crippen molar-refractivity contribution < 1.29 is 27.1 Å². The third-order valence-corrected chi connectivity index (χ3v) is 6.14. The number of nitrogens with one attached hydrogen (secondary N) is 2. The first-order chi connectivity index (χ1) is 16.7. The summed E-state index contributed by atoms with van der Waals surface area (Å²) in [5.74, 6) is -0.208. The average molecular weight is 510 g/mol. The predicted molar refractivity (Wildman–Crippen MR) is 126 cm³/mol. The Morgan fingerprint density at radius 1 is 1.06 bits per heavy atom. The summed E-state index contributed by atoms with van der Waals surface area (Å²) < 4.78 is 58.6. The molecule has 186 valence electrons. The topological polar surface area (TPSA) is 63.2 Å². The van der Waals surface area contributed by atoms with Gasteiger partial charge in [-0.2, -0.15) is 13.2 Å². The maximum absolute atomic E-state index is 13.3. The van der Waals surface area contributed by atoms with E-state index in [2.05, 4.69) is 15.6 Å². The molecule has 4 rings (SSSR count). The summed E-state index contributed by atoms with van der Waals surface area (Å²) in [7, 11) is 0. The Kier molecular flexibility index (Phi) is 7.64. The van der Waals surface area contributed by atoms with Crippen LogP contribution in [0.2, 0.25) is 5.02 Å². The molecule has 1 heterocycles. The number of fused-ring (bicyclic) bond motifs is 1. The van der Waals surface area contributed by atoms with Crippen LogP contribution in [0, 0.1) is 5.82 Å². The number of anilines is 1. The highest BCUT2D eigenvalue weighted by atomic mass is 35.5. The number of alkyl halides is 3. The lowest BCUT2D eigenvalue weighted by molar-refractivity contribution is -0.140. The Bertz CT molecular complexity index is 1200. The summed E-state index contributed by atoms with van der Waals surface area (Å²) in [4.78, 5) is 16.0. The van der Waals surface area contributed by atoms with Gasteiger partial charge in [0.05, 0.1) is 18.5 Å². The molecular weight excluding hydrogens is 486 g/mol. The van der Waals surface area contributed by atoms with Crippen LogP contribution < -0.4 is 15.4 Å². The number of pyridine rings is 1. The minimum atomic E-state index is -4.56. The van der Waals surface area contributed by atoms with Crippen molar-refractivity contribution in [3.8, 4) is 5.75 Å². The van der Waals surface area contributed by atoms with Gasteiger partial charge >= 0.3 is 6.18 Å². The van der Waals surface area contributed by atoms with Gasteiger partial charge in [-0.15, -0.1) is 0 Å². The molecule has 1 amide bonds. The van der Waals surface area contributed by atoms with Crippen LogP contribution in [-0.4, -0.2) is 29.6 Å². The lowest BCUT2D eigenvalue weighted by atomic mass is 9.90. The Hall–Kier alpha value is -3.07. The molecule has 0 aliphatic heterocycles. The monoisotopic (exact) mass is 509 g/mol. The first-order valence-electron chi connectivity index (χ1n) is 11.3. The maximum atomic E-state index is 13.3. The number of carbonyl (C=O) groups is 1. The van der Waals surface area contributed by atoms with Crippen LogP contribution in [-0.2, 0) is 11.0 Å². The zero-order valence-electron chi connectivity index (χ0n) is 18.7. The van der Waals surface area contributed by atoms with Gasteiger partial charge in [-0.3, -0.25) is 4.79 Å². The quantitative estimate of drug-likeness (QED) is 0.364. The Morgan fingerprint density at radius 3 is 2.51 bits per heavy atom. The van der Waals surface area contributed by atoms with Crippen molar-refractivity contribution in [1.29, 1.82) is 0 Å². The molecule has 10 heteroatoms. The predicted octanol–water partition coefficient (Wildman–Crippen LogP) is 6.35. The fraction of sp³-hybridized carbons (Fsp3) is 0.360. The molecule has 1 fully saturated rings. The van der Waals surface area contributed by atoms with Crippen molar-refractivity contribution in [1.82, 2.24) is 10.3 Å². The summed E-state index contributed by atoms with van der Waals surface area (Å²) in [6.45, 7) is 0.130. The molecule has 0 bridgehead atoms. The van der Waals surface area contributed by atoms with Gasteiger partial charge in [-0.1, -0.05) is 17.7 Å². The molecule has 0 atom stereocenters. The lowest BCUT2D eigenvalue weighted by Crippen LogP contribution is -2.40. The number of halogens is 5. The number of hydrogen-bond acceptors (Lipinski definition) is 4. The van der Waals surface area contributed by atoms with Gasteiger partial charge in [0.25, 0.3) is 0 Å². The van der Waals surface area contributed by atoms with Crippen LogP contribution >= 0.6 is 11.6 Å². The molecule has 1 saturated carbocycles. The molecule has 1 aromatic heterocycles. The van der Waals surface area contributed by atoms with Crippen LogP contribution in [0.1, 0.15) is 37.8 Å². The number of ether oxygens (including phenoxy) is 1. The molecule has 2 N–H and O–H groups in total. The van der Waals surface area contributed by atoms with Gasteiger partial charge in [0.2, 0.25) is 5.91 Å². The van der Waals surface area contributed by atoms with Crippen LogP contribution in [0.3, 0.4) is 0 Å². The van der Waals surface area contributed by atoms with Gasteiger partial charge in [-0.05, 0) is 62.1 Å². The molecule has 35 heavy (non-hydrogen) atoms. The fourth-order valence-electron chi connectivity index (χ4n) is 4.18. The molecule has 0 saturated heterocycles. The summed E-state index contributed by atoms with van der Waals surface area (Å²) in [6.07, 6.45) is -1.70. The second-order valence-electron chi connectivity index (χ2n) is 8.53. The van der Waals surface area contributed by atoms with E-state index in [4.69, 9.17) is 16.3 Å². The van der Waals surface area contributed by atoms with Crippen molar-refractivity contribution in [3.63, 3.8) is 0 Å². The molecule has 1 aliphatic rings. The van der Waals surface area contributed by atoms with E-state index in [9.17, 15) is 22.4 Å². The standard InChI is InChI=1S/C25H24ClF4N3O2/c26-15-4-9-21-20(12-15)22(14-23(33-21)25(28,29)30)31-17-5-7-18(8-6-17)32-24(34)10-11-35-19-3-1-2-16(27)13-19/h1-4,9,12-14,17-18H,5-8,10-11H2,(H,31,33)(H,32,34)/t17-,18+. The summed E-state index contributed by atoms with van der Waals surface area (Å²) in [5.41, 5.74) is -0.406. The highest BCUT2D eigenvalue weighted by Crippen LogP contribution is 2.35. The number of aromatic nitrogens is 1. The highest BCUT2D eigenvalue weighted by Gasteiger charge is 2.34. The number of hydrogen-bond donors (Lipinski definition) is 2. The highest BCUT2D eigenvalue weighted by molar-refractivity contribution is 6.31. The zero-order valence-corrected chi connectivity index (χ0v) is 19.4. The van der Waals surface area contributed by atoms with Crippen LogP contribution in [0.25, 0.3) is 10.9 Å². The van der Waals surface area contributed by atoms with Gasteiger partial charge in [-0.25, -0.2) is 9.37 Å². The molecule has 5 nitrogen and oxygen atoms in total. The minimum absolute atomic E-state index is 0.0240. The van der Waals surface area contributed by atoms with Crippen LogP contribution in [0.15, 0.2) is 48.5 Å². The Balaban J connectivity index is 1.30. The molecule has 0 spiro atoms. The number of carbonyl (C=O) groups excluding carboxylic acids is 1. The molecule has 1 aliphatic carbocycles. The summed E-state index contributed by atoms with van der Waals surface area (Å²) in [5, 5.41) is 7.14. The van der Waals surface area contributed by atoms with Crippen LogP contribution in [0.5, 0.6) is 5.75 Å². The normalized spacial score (nSPS) is 18.3. The molecule has 0 unspecified atom stereocenters. The van der Waals surface area contributed by atoms with Crippen molar-refractivity contribution in [2.45, 2.75) is 50.4 Å². The van der Waals surface area contributed by atoms with E-state index in [0.717, 1.165) is 6.07 Å². The SMILES string of the molecule is O=C(CCOc1cccc(F)c1)N[C@H]1CC[C@@H](Nc2cc(C(F)(F)F)nc3ccc(Cl)cc23)CC1. The molecular formula is C25H24ClF4N3O2. The minimum Gasteiger partial charge on any atom is -0.493 e. The lowest BCUT2D eigenvalue weighted by Gasteiger charge is -2.30. The van der Waals surface area contributed by atoms with E-state index in [0.29, 0.717) is 47.5 Å². The van der Waals surface area contributed by atoms with Crippen molar-refractivity contribution in [3.05, 3.63) is 65.1 Å². The van der Waals surface area contributed by atoms with Crippen molar-refractivity contribution in [2.75, 3.05) is 11.9 Å². The van der Waals surface area contributed by atoms with E-state index in [1.807, 2.05) is 0 Å². The number of benzene rings is 2. The fourth-order valence-corrected chi connectivity index (χ4v) is 4.35. The first-order valence-corrected chi connectivity index (χ1v) is 11.7. The largest absolute Gasteiger partial charge is 0.493 e. The number of amides is 1. The third kappa shape index (κ3) is 6.75. The molecule has 0 radical (unpaired) electrons. The van der Waals surface area contributed by atoms with E-state index < -0.39 is 17.7 Å². The van der Waals surface area contributed by atoms with E-state index >= 15 is 0 Å². The Labute approximate surface area is 204 Å². The Morgan fingerprint density at radius 2 is 1.80 bits per heavy atom. The van der Waals surface area contributed by atoms with Crippen LogP contribution in [0.4, 0.5) is 23.2 Å². The second kappa shape index (κ2) is 10.7. The van der Waals surface area contributed by atoms with E-state index in [1.54, 1.807) is 12.1 Å². The molecule has 2 aromatic carbocycles. The smallest absolute Gasteiger partial charge is 0.433 e. The molecule has 3 aromatic rings. The van der Waals surface area contributed by atoms with E-state index in [1.165, 1.54) is 30.3 Å². The van der Waals surface area contributed by atoms with Crippen molar-refractivity contribution >= 4 is 34.1 Å². The third-order valence-electron chi connectivity index (χ3n) is 5.91. The average Bonchev–Trinajstić information content (AvgIpc) is 2.80. The second-order valence-corrected chi connectivity index (χ2v) is 8.97. The zero-order chi connectivity index (χ0) is 25.0. The van der Waals surface area contributed by atoms with Gasteiger partial charge in [0, 0.05) is 34.2 Å². The van der Waals surface area contributed by atoms with Gasteiger partial charge in [0.1, 0.15) is 17.3 Å². The maximum Gasteiger partial charge on any atom is 0.433 e. The summed E-state index contributed by atoms with van der Waals surface area (Å²) >= 11 is 6.06.